The highest BCUT2D eigenvalue weighted by molar-refractivity contribution is 7.92. The van der Waals surface area contributed by atoms with E-state index in [9.17, 15) is 18.0 Å². The van der Waals surface area contributed by atoms with E-state index in [2.05, 4.69) is 5.32 Å². The lowest BCUT2D eigenvalue weighted by molar-refractivity contribution is -0.139. The highest BCUT2D eigenvalue weighted by Crippen LogP contribution is 2.27. The second kappa shape index (κ2) is 13.3. The summed E-state index contributed by atoms with van der Waals surface area (Å²) in [5.74, 6) is -0.236. The van der Waals surface area contributed by atoms with Crippen molar-refractivity contribution in [3.8, 4) is 5.75 Å². The van der Waals surface area contributed by atoms with Crippen LogP contribution in [0.5, 0.6) is 5.75 Å². The molecule has 1 atom stereocenters. The maximum atomic E-state index is 13.9. The number of methoxy groups -OCH3 is 1. The topological polar surface area (TPSA) is 96.0 Å². The Bertz CT molecular complexity index is 1370. The Morgan fingerprint density at radius 1 is 0.949 bits per heavy atom. The molecule has 0 aliphatic rings. The molecule has 0 fully saturated rings. The Morgan fingerprint density at radius 3 is 2.18 bits per heavy atom. The fraction of sp³-hybridized carbons (Fsp3) is 0.333. The number of nitrogens with one attached hydrogen (secondary N) is 1. The molecule has 8 nitrogen and oxygen atoms in total. The van der Waals surface area contributed by atoms with Crippen LogP contribution < -0.4 is 14.4 Å². The molecule has 0 radical (unpaired) electrons. The number of amides is 2. The molecule has 0 aromatic heterocycles. The van der Waals surface area contributed by atoms with Crippen LogP contribution in [-0.4, -0.2) is 51.4 Å². The van der Waals surface area contributed by atoms with Gasteiger partial charge in [0.25, 0.3) is 10.0 Å². The molecule has 0 aliphatic heterocycles. The molecule has 0 saturated heterocycles. The largest absolute Gasteiger partial charge is 0.497 e. The highest BCUT2D eigenvalue weighted by atomic mass is 32.2. The van der Waals surface area contributed by atoms with Gasteiger partial charge in [-0.25, -0.2) is 8.42 Å². The van der Waals surface area contributed by atoms with Gasteiger partial charge >= 0.3 is 0 Å². The van der Waals surface area contributed by atoms with E-state index in [0.29, 0.717) is 18.0 Å². The van der Waals surface area contributed by atoms with E-state index in [1.54, 1.807) is 43.3 Å². The van der Waals surface area contributed by atoms with Crippen LogP contribution >= 0.6 is 0 Å². The first-order valence-electron chi connectivity index (χ1n) is 12.9. The molecule has 0 unspecified atom stereocenters. The van der Waals surface area contributed by atoms with Crippen LogP contribution in [0.15, 0.2) is 77.7 Å². The number of sulfonamides is 1. The third kappa shape index (κ3) is 7.38. The maximum absolute atomic E-state index is 13.9. The zero-order chi connectivity index (χ0) is 28.6. The van der Waals surface area contributed by atoms with Gasteiger partial charge in [-0.3, -0.25) is 13.9 Å². The van der Waals surface area contributed by atoms with Crippen molar-refractivity contribution in [1.82, 2.24) is 10.2 Å². The number of hydrogen-bond acceptors (Lipinski definition) is 5. The number of rotatable bonds is 12. The predicted molar refractivity (Wildman–Crippen MR) is 153 cm³/mol. The lowest BCUT2D eigenvalue weighted by Gasteiger charge is -2.32. The lowest BCUT2D eigenvalue weighted by atomic mass is 10.1. The second-order valence-corrected chi connectivity index (χ2v) is 11.3. The molecule has 3 aromatic carbocycles. The van der Waals surface area contributed by atoms with Crippen molar-refractivity contribution in [2.24, 2.45) is 0 Å². The Labute approximate surface area is 231 Å². The van der Waals surface area contributed by atoms with Crippen molar-refractivity contribution in [3.63, 3.8) is 0 Å². The van der Waals surface area contributed by atoms with Gasteiger partial charge in [-0.2, -0.15) is 0 Å². The molecular formula is C30H37N3O5S. The molecule has 1 N–H and O–H groups in total. The molecule has 0 spiro atoms. The van der Waals surface area contributed by atoms with Gasteiger partial charge in [0, 0.05) is 13.1 Å². The van der Waals surface area contributed by atoms with E-state index < -0.39 is 28.5 Å². The van der Waals surface area contributed by atoms with Crippen LogP contribution in [0.3, 0.4) is 0 Å². The van der Waals surface area contributed by atoms with Crippen LogP contribution in [0.4, 0.5) is 5.69 Å². The third-order valence-electron chi connectivity index (χ3n) is 6.57. The molecule has 2 amide bonds. The van der Waals surface area contributed by atoms with Crippen LogP contribution in [0.1, 0.15) is 37.0 Å². The number of hydrogen-bond donors (Lipinski definition) is 1. The first kappa shape index (κ1) is 29.7. The fourth-order valence-electron chi connectivity index (χ4n) is 4.06. The molecule has 0 saturated carbocycles. The van der Waals surface area contributed by atoms with Crippen LogP contribution in [0, 0.1) is 13.8 Å². The van der Waals surface area contributed by atoms with Gasteiger partial charge in [0.15, 0.2) is 0 Å². The Balaban J connectivity index is 2.03. The summed E-state index contributed by atoms with van der Waals surface area (Å²) >= 11 is 0. The van der Waals surface area contributed by atoms with Crippen molar-refractivity contribution >= 4 is 27.5 Å². The van der Waals surface area contributed by atoms with E-state index >= 15 is 0 Å². The summed E-state index contributed by atoms with van der Waals surface area (Å²) in [4.78, 5) is 28.4. The van der Waals surface area contributed by atoms with Crippen LogP contribution in [0.25, 0.3) is 0 Å². The summed E-state index contributed by atoms with van der Waals surface area (Å²) < 4.78 is 34.0. The van der Waals surface area contributed by atoms with Gasteiger partial charge in [0.05, 0.1) is 17.7 Å². The Kier molecular flexibility index (Phi) is 10.1. The van der Waals surface area contributed by atoms with Crippen molar-refractivity contribution in [3.05, 3.63) is 89.5 Å². The summed E-state index contributed by atoms with van der Waals surface area (Å²) in [5.41, 5.74) is 3.06. The molecule has 3 rings (SSSR count). The third-order valence-corrected chi connectivity index (χ3v) is 8.35. The summed E-state index contributed by atoms with van der Waals surface area (Å²) in [6.45, 7) is 7.57. The Morgan fingerprint density at radius 2 is 1.59 bits per heavy atom. The quantitative estimate of drug-likeness (QED) is 0.359. The smallest absolute Gasteiger partial charge is 0.264 e. The molecule has 3 aromatic rings. The first-order valence-corrected chi connectivity index (χ1v) is 14.4. The average Bonchev–Trinajstić information content (AvgIpc) is 2.94. The van der Waals surface area contributed by atoms with E-state index in [-0.39, 0.29) is 17.3 Å². The minimum atomic E-state index is -4.12. The van der Waals surface area contributed by atoms with Gasteiger partial charge in [0.1, 0.15) is 18.3 Å². The van der Waals surface area contributed by atoms with Gasteiger partial charge in [-0.1, -0.05) is 48.9 Å². The molecule has 9 heteroatoms. The number of nitrogens with zero attached hydrogens (tertiary/aromatic N) is 2. The van der Waals surface area contributed by atoms with Crippen LogP contribution in [-0.2, 0) is 26.2 Å². The molecule has 0 aliphatic carbocycles. The summed E-state index contributed by atoms with van der Waals surface area (Å²) in [6, 6.07) is 19.8. The van der Waals surface area contributed by atoms with E-state index in [4.69, 9.17) is 4.74 Å². The van der Waals surface area contributed by atoms with Crippen molar-refractivity contribution < 1.29 is 22.7 Å². The van der Waals surface area contributed by atoms with E-state index in [0.717, 1.165) is 27.4 Å². The molecule has 208 valence electrons. The second-order valence-electron chi connectivity index (χ2n) is 9.44. The number of aryl methyl sites for hydroxylation is 2. The molecule has 0 bridgehead atoms. The summed E-state index contributed by atoms with van der Waals surface area (Å²) in [5, 5.41) is 2.85. The first-order chi connectivity index (χ1) is 18.6. The normalized spacial score (nSPS) is 11.9. The fourth-order valence-corrected chi connectivity index (χ4v) is 5.48. The zero-order valence-electron chi connectivity index (χ0n) is 23.2. The SMILES string of the molecule is CCCNC(=O)[C@@H](C)N(Cc1ccccc1C)C(=O)CN(c1ccc(OC)cc1)S(=O)(=O)c1ccc(C)cc1. The monoisotopic (exact) mass is 551 g/mol. The minimum absolute atomic E-state index is 0.0657. The Hall–Kier alpha value is -3.85. The van der Waals surface area contributed by atoms with Gasteiger partial charge in [-0.15, -0.1) is 0 Å². The van der Waals surface area contributed by atoms with E-state index in [1.807, 2.05) is 45.0 Å². The molecule has 39 heavy (non-hydrogen) atoms. The lowest BCUT2D eigenvalue weighted by Crippen LogP contribution is -2.51. The van der Waals surface area contributed by atoms with Gasteiger partial charge in [-0.05, 0) is 74.7 Å². The summed E-state index contributed by atoms with van der Waals surface area (Å²) in [6.07, 6.45) is 0.754. The number of carbonyl (C=O) groups excluding carboxylic acids is 2. The number of benzene rings is 3. The minimum Gasteiger partial charge on any atom is -0.497 e. The number of carbonyl (C=O) groups is 2. The van der Waals surface area contributed by atoms with E-state index in [1.165, 1.54) is 24.1 Å². The van der Waals surface area contributed by atoms with Gasteiger partial charge in [0.2, 0.25) is 11.8 Å². The van der Waals surface area contributed by atoms with Crippen molar-refractivity contribution in [2.75, 3.05) is 24.5 Å². The average molecular weight is 552 g/mol. The standard InChI is InChI=1S/C30H37N3O5S/c1-6-19-31-30(35)24(4)32(20-25-10-8-7-9-23(25)3)29(34)21-33(26-13-15-27(38-5)16-14-26)39(36,37)28-17-11-22(2)12-18-28/h7-18,24H,6,19-21H2,1-5H3,(H,31,35)/t24-/m1/s1. The predicted octanol–water partition coefficient (Wildman–Crippen LogP) is 4.45. The van der Waals surface area contributed by atoms with Crippen molar-refractivity contribution in [1.29, 1.82) is 0 Å². The van der Waals surface area contributed by atoms with Crippen molar-refractivity contribution in [2.45, 2.75) is 51.6 Å². The maximum Gasteiger partial charge on any atom is 0.264 e. The molecule has 0 heterocycles. The highest BCUT2D eigenvalue weighted by Gasteiger charge is 2.32. The molecular weight excluding hydrogens is 514 g/mol. The van der Waals surface area contributed by atoms with Gasteiger partial charge < -0.3 is 15.0 Å². The van der Waals surface area contributed by atoms with Crippen LogP contribution in [0.2, 0.25) is 0 Å². The summed E-state index contributed by atoms with van der Waals surface area (Å²) in [7, 11) is -2.59. The zero-order valence-corrected chi connectivity index (χ0v) is 24.0. The number of ether oxygens (including phenoxy) is 1. The number of anilines is 1.